The summed E-state index contributed by atoms with van der Waals surface area (Å²) in [5.41, 5.74) is 2.04. The zero-order chi connectivity index (χ0) is 18.5. The minimum Gasteiger partial charge on any atom is -0.337 e. The maximum absolute atomic E-state index is 12.7. The lowest BCUT2D eigenvalue weighted by molar-refractivity contribution is -0.131. The number of pyridine rings is 1. The van der Waals surface area contributed by atoms with Crippen LogP contribution in [-0.2, 0) is 11.3 Å². The van der Waals surface area contributed by atoms with Gasteiger partial charge < -0.3 is 15.1 Å². The average molecular weight is 370 g/mol. The van der Waals surface area contributed by atoms with Gasteiger partial charge in [-0.2, -0.15) is 0 Å². The molecular formula is C21H31N5O. The molecule has 2 aliphatic heterocycles. The number of amides is 1. The van der Waals surface area contributed by atoms with Gasteiger partial charge in [0.15, 0.2) is 0 Å². The zero-order valence-electron chi connectivity index (χ0n) is 16.1. The molecule has 1 atom stereocenters. The van der Waals surface area contributed by atoms with Crippen molar-refractivity contribution in [3.8, 4) is 0 Å². The van der Waals surface area contributed by atoms with E-state index in [0.29, 0.717) is 25.2 Å². The number of rotatable bonds is 8. The summed E-state index contributed by atoms with van der Waals surface area (Å²) in [4.78, 5) is 26.2. The molecule has 3 fully saturated rings. The van der Waals surface area contributed by atoms with Crippen LogP contribution in [0, 0.1) is 0 Å². The standard InChI is InChI=1S/C21H31N5O/c27-21(26-11-3-4-20(26)16-25-9-1-2-10-25)15-22-14-19-12-17(7-8-23-19)13-24-18-5-6-18/h7-8,12-13,18,20,22H,1-6,9-11,14-16H2/b24-13+/t20-/m1/s1. The summed E-state index contributed by atoms with van der Waals surface area (Å²) in [6.45, 7) is 5.35. The Hall–Kier alpha value is -1.79. The summed E-state index contributed by atoms with van der Waals surface area (Å²) >= 11 is 0. The van der Waals surface area contributed by atoms with Crippen LogP contribution in [0.1, 0.15) is 49.8 Å². The molecule has 1 amide bonds. The fraction of sp³-hybridized carbons (Fsp3) is 0.667. The molecule has 0 radical (unpaired) electrons. The summed E-state index contributed by atoms with van der Waals surface area (Å²) in [5, 5.41) is 3.29. The first kappa shape index (κ1) is 18.6. The average Bonchev–Trinajstić information content (AvgIpc) is 3.15. The highest BCUT2D eigenvalue weighted by Crippen LogP contribution is 2.23. The summed E-state index contributed by atoms with van der Waals surface area (Å²) in [6, 6.07) is 4.96. The molecule has 3 aliphatic rings. The van der Waals surface area contributed by atoms with E-state index in [0.717, 1.165) is 37.2 Å². The SMILES string of the molecule is O=C(CNCc1cc(/C=N/C2CC2)ccn1)N1CCC[C@@H]1CN1CCCC1. The van der Waals surface area contributed by atoms with E-state index in [1.807, 2.05) is 18.5 Å². The molecule has 0 bridgehead atoms. The highest BCUT2D eigenvalue weighted by molar-refractivity contribution is 5.80. The molecule has 3 heterocycles. The van der Waals surface area contributed by atoms with Crippen molar-refractivity contribution in [2.45, 2.75) is 57.2 Å². The number of nitrogens with one attached hydrogen (secondary N) is 1. The largest absolute Gasteiger partial charge is 0.337 e. The highest BCUT2D eigenvalue weighted by Gasteiger charge is 2.30. The first-order valence-electron chi connectivity index (χ1n) is 10.5. The van der Waals surface area contributed by atoms with Gasteiger partial charge in [-0.1, -0.05) is 0 Å². The number of carbonyl (C=O) groups is 1. The summed E-state index contributed by atoms with van der Waals surface area (Å²) in [7, 11) is 0. The maximum atomic E-state index is 12.7. The topological polar surface area (TPSA) is 60.8 Å². The van der Waals surface area contributed by atoms with E-state index in [2.05, 4.69) is 31.2 Å². The van der Waals surface area contributed by atoms with Crippen LogP contribution in [0.2, 0.25) is 0 Å². The normalized spacial score (nSPS) is 23.6. The smallest absolute Gasteiger partial charge is 0.236 e. The second kappa shape index (κ2) is 8.93. The summed E-state index contributed by atoms with van der Waals surface area (Å²) in [5.74, 6) is 0.225. The second-order valence-electron chi connectivity index (χ2n) is 8.08. The van der Waals surface area contributed by atoms with Crippen LogP contribution in [0.5, 0.6) is 0 Å². The fourth-order valence-corrected chi connectivity index (χ4v) is 4.11. The van der Waals surface area contributed by atoms with Gasteiger partial charge in [0.05, 0.1) is 18.3 Å². The molecule has 6 nitrogen and oxygen atoms in total. The van der Waals surface area contributed by atoms with Gasteiger partial charge in [-0.25, -0.2) is 0 Å². The van der Waals surface area contributed by atoms with Crippen molar-refractivity contribution in [1.82, 2.24) is 20.1 Å². The Balaban J connectivity index is 1.23. The molecule has 1 aliphatic carbocycles. The van der Waals surface area contributed by atoms with Crippen molar-refractivity contribution in [3.05, 3.63) is 29.6 Å². The number of hydrogen-bond acceptors (Lipinski definition) is 5. The predicted molar refractivity (Wildman–Crippen MR) is 107 cm³/mol. The van der Waals surface area contributed by atoms with E-state index in [1.165, 1.54) is 38.8 Å². The van der Waals surface area contributed by atoms with Crippen molar-refractivity contribution in [2.75, 3.05) is 32.7 Å². The molecule has 0 spiro atoms. The van der Waals surface area contributed by atoms with E-state index >= 15 is 0 Å². The lowest BCUT2D eigenvalue weighted by Crippen LogP contribution is -2.45. The van der Waals surface area contributed by atoms with Crippen molar-refractivity contribution >= 4 is 12.1 Å². The monoisotopic (exact) mass is 369 g/mol. The lowest BCUT2D eigenvalue weighted by Gasteiger charge is -2.28. The lowest BCUT2D eigenvalue weighted by atomic mass is 10.2. The van der Waals surface area contributed by atoms with Gasteiger partial charge in [-0.05, 0) is 69.3 Å². The van der Waals surface area contributed by atoms with Gasteiger partial charge in [0.25, 0.3) is 0 Å². The number of likely N-dealkylation sites (tertiary alicyclic amines) is 2. The number of nitrogens with zero attached hydrogens (tertiary/aromatic N) is 4. The minimum absolute atomic E-state index is 0.225. The Morgan fingerprint density at radius 2 is 2.07 bits per heavy atom. The van der Waals surface area contributed by atoms with Gasteiger partial charge >= 0.3 is 0 Å². The molecular weight excluding hydrogens is 338 g/mol. The van der Waals surface area contributed by atoms with E-state index < -0.39 is 0 Å². The van der Waals surface area contributed by atoms with Crippen molar-refractivity contribution in [3.63, 3.8) is 0 Å². The number of carbonyl (C=O) groups excluding carboxylic acids is 1. The second-order valence-corrected chi connectivity index (χ2v) is 8.08. The molecule has 0 unspecified atom stereocenters. The quantitative estimate of drug-likeness (QED) is 0.711. The van der Waals surface area contributed by atoms with Crippen LogP contribution >= 0.6 is 0 Å². The molecule has 1 saturated carbocycles. The van der Waals surface area contributed by atoms with Crippen LogP contribution in [-0.4, -0.2) is 71.7 Å². The van der Waals surface area contributed by atoms with E-state index in [-0.39, 0.29) is 5.91 Å². The third kappa shape index (κ3) is 5.36. The van der Waals surface area contributed by atoms with Gasteiger partial charge in [0.1, 0.15) is 0 Å². The van der Waals surface area contributed by atoms with Crippen LogP contribution in [0.15, 0.2) is 23.3 Å². The Labute approximate surface area is 162 Å². The van der Waals surface area contributed by atoms with E-state index in [1.54, 1.807) is 0 Å². The third-order valence-electron chi connectivity index (χ3n) is 5.77. The molecule has 4 rings (SSSR count). The molecule has 6 heteroatoms. The Morgan fingerprint density at radius 3 is 2.89 bits per heavy atom. The van der Waals surface area contributed by atoms with Gasteiger partial charge in [0.2, 0.25) is 5.91 Å². The molecule has 27 heavy (non-hydrogen) atoms. The van der Waals surface area contributed by atoms with Gasteiger partial charge in [-0.3, -0.25) is 14.8 Å². The van der Waals surface area contributed by atoms with Crippen LogP contribution in [0.25, 0.3) is 0 Å². The van der Waals surface area contributed by atoms with Crippen molar-refractivity contribution in [1.29, 1.82) is 0 Å². The first-order chi connectivity index (χ1) is 13.3. The van der Waals surface area contributed by atoms with Gasteiger partial charge in [0, 0.05) is 38.1 Å². The Kier molecular flexibility index (Phi) is 6.14. The Bertz CT molecular complexity index is 666. The summed E-state index contributed by atoms with van der Waals surface area (Å²) < 4.78 is 0. The third-order valence-corrected chi connectivity index (χ3v) is 5.77. The Morgan fingerprint density at radius 1 is 1.22 bits per heavy atom. The van der Waals surface area contributed by atoms with Crippen molar-refractivity contribution < 1.29 is 4.79 Å². The van der Waals surface area contributed by atoms with Crippen LogP contribution < -0.4 is 5.32 Å². The summed E-state index contributed by atoms with van der Waals surface area (Å²) in [6.07, 6.45) is 11.1. The maximum Gasteiger partial charge on any atom is 0.236 e. The highest BCUT2D eigenvalue weighted by atomic mass is 16.2. The minimum atomic E-state index is 0.225. The number of aliphatic imine (C=N–C) groups is 1. The zero-order valence-corrected chi connectivity index (χ0v) is 16.1. The molecule has 146 valence electrons. The number of aromatic nitrogens is 1. The molecule has 1 N–H and O–H groups in total. The number of hydrogen-bond donors (Lipinski definition) is 1. The predicted octanol–water partition coefficient (Wildman–Crippen LogP) is 1.84. The van der Waals surface area contributed by atoms with E-state index in [9.17, 15) is 4.79 Å². The first-order valence-corrected chi connectivity index (χ1v) is 10.5. The molecule has 1 aromatic heterocycles. The van der Waals surface area contributed by atoms with Gasteiger partial charge in [-0.15, -0.1) is 0 Å². The van der Waals surface area contributed by atoms with Crippen LogP contribution in [0.4, 0.5) is 0 Å². The molecule has 1 aromatic rings. The molecule has 0 aromatic carbocycles. The van der Waals surface area contributed by atoms with Crippen LogP contribution in [0.3, 0.4) is 0 Å². The fourth-order valence-electron chi connectivity index (χ4n) is 4.11. The van der Waals surface area contributed by atoms with E-state index in [4.69, 9.17) is 0 Å². The molecule has 2 saturated heterocycles. The van der Waals surface area contributed by atoms with Crippen molar-refractivity contribution in [2.24, 2.45) is 4.99 Å².